The van der Waals surface area contributed by atoms with Crippen molar-refractivity contribution in [1.29, 1.82) is 0 Å². The van der Waals surface area contributed by atoms with E-state index in [1.165, 1.54) is 19.2 Å². The minimum absolute atomic E-state index is 0.0545. The quantitative estimate of drug-likeness (QED) is 0.376. The number of rotatable bonds is 5. The second-order valence-electron chi connectivity index (χ2n) is 7.40. The summed E-state index contributed by atoms with van der Waals surface area (Å²) in [5.41, 5.74) is 5.50. The highest BCUT2D eigenvalue weighted by atomic mass is 19.1. The van der Waals surface area contributed by atoms with Crippen LogP contribution in [0.4, 0.5) is 4.39 Å². The zero-order chi connectivity index (χ0) is 21.4. The van der Waals surface area contributed by atoms with E-state index >= 15 is 0 Å². The van der Waals surface area contributed by atoms with Gasteiger partial charge in [-0.3, -0.25) is 9.67 Å². The van der Waals surface area contributed by atoms with Crippen LogP contribution in [0.5, 0.6) is 5.75 Å². The van der Waals surface area contributed by atoms with Crippen LogP contribution in [0.15, 0.2) is 85.3 Å². The SMILES string of the molecule is COc1cc(F)cc(-c2ccn(C(C)c3cc4ccccn4c3-c3ccccn3)n2)c1. The predicted octanol–water partition coefficient (Wildman–Crippen LogP) is 5.62. The van der Waals surface area contributed by atoms with Crippen molar-refractivity contribution in [2.75, 3.05) is 7.11 Å². The number of fused-ring (bicyclic) bond motifs is 1. The standard InChI is InChI=1S/C25H21FN4O/c1-17(30-12-9-23(28-30)18-13-19(26)15-21(14-18)31-2)22-16-20-7-4-6-11-29(20)25(22)24-8-3-5-10-27-24/h3-17H,1-2H3. The summed E-state index contributed by atoms with van der Waals surface area (Å²) in [6.07, 6.45) is 5.76. The molecule has 5 nitrogen and oxygen atoms in total. The topological polar surface area (TPSA) is 44.4 Å². The molecule has 1 atom stereocenters. The molecule has 1 unspecified atom stereocenters. The molecule has 5 aromatic rings. The van der Waals surface area contributed by atoms with Gasteiger partial charge in [-0.1, -0.05) is 12.1 Å². The van der Waals surface area contributed by atoms with Crippen LogP contribution in [-0.2, 0) is 0 Å². The number of hydrogen-bond donors (Lipinski definition) is 0. The molecule has 0 saturated heterocycles. The molecule has 4 heterocycles. The molecule has 0 aliphatic carbocycles. The van der Waals surface area contributed by atoms with E-state index < -0.39 is 0 Å². The van der Waals surface area contributed by atoms with Gasteiger partial charge in [0.15, 0.2) is 0 Å². The van der Waals surface area contributed by atoms with Crippen molar-refractivity contribution < 1.29 is 9.13 Å². The molecule has 0 bridgehead atoms. The first-order chi connectivity index (χ1) is 15.1. The molecule has 5 rings (SSSR count). The highest BCUT2D eigenvalue weighted by molar-refractivity contribution is 5.70. The van der Waals surface area contributed by atoms with Crippen LogP contribution in [0.2, 0.25) is 0 Å². The van der Waals surface area contributed by atoms with E-state index in [0.717, 1.165) is 22.5 Å². The number of nitrogens with zero attached hydrogens (tertiary/aromatic N) is 4. The van der Waals surface area contributed by atoms with Gasteiger partial charge in [0.25, 0.3) is 0 Å². The lowest BCUT2D eigenvalue weighted by Crippen LogP contribution is -2.08. The first kappa shape index (κ1) is 19.1. The average molecular weight is 412 g/mol. The summed E-state index contributed by atoms with van der Waals surface area (Å²) in [6, 6.07) is 20.6. The molecule has 1 aromatic carbocycles. The van der Waals surface area contributed by atoms with Gasteiger partial charge in [-0.05, 0) is 55.5 Å². The van der Waals surface area contributed by atoms with Crippen LogP contribution < -0.4 is 4.74 Å². The smallest absolute Gasteiger partial charge is 0.127 e. The molecule has 0 N–H and O–H groups in total. The monoisotopic (exact) mass is 412 g/mol. The molecule has 31 heavy (non-hydrogen) atoms. The van der Waals surface area contributed by atoms with Crippen LogP contribution in [0.3, 0.4) is 0 Å². The third-order valence-electron chi connectivity index (χ3n) is 5.47. The number of methoxy groups -OCH3 is 1. The van der Waals surface area contributed by atoms with E-state index in [9.17, 15) is 4.39 Å². The number of hydrogen-bond acceptors (Lipinski definition) is 3. The van der Waals surface area contributed by atoms with E-state index in [1.54, 1.807) is 12.3 Å². The molecule has 0 radical (unpaired) electrons. The molecule has 6 heteroatoms. The molecule has 0 spiro atoms. The molecular formula is C25H21FN4O. The van der Waals surface area contributed by atoms with Crippen LogP contribution in [0.1, 0.15) is 18.5 Å². The molecule has 0 aliphatic heterocycles. The van der Waals surface area contributed by atoms with Crippen LogP contribution in [0, 0.1) is 5.82 Å². The summed E-state index contributed by atoms with van der Waals surface area (Å²) in [4.78, 5) is 4.58. The number of aromatic nitrogens is 4. The lowest BCUT2D eigenvalue weighted by molar-refractivity contribution is 0.411. The molecule has 4 aromatic heterocycles. The highest BCUT2D eigenvalue weighted by Crippen LogP contribution is 2.33. The van der Waals surface area contributed by atoms with E-state index in [0.29, 0.717) is 17.0 Å². The molecule has 0 fully saturated rings. The Hall–Kier alpha value is -3.93. The van der Waals surface area contributed by atoms with Gasteiger partial charge in [-0.25, -0.2) is 4.39 Å². The van der Waals surface area contributed by atoms with E-state index in [1.807, 2.05) is 53.5 Å². The van der Waals surface area contributed by atoms with Gasteiger partial charge in [0.1, 0.15) is 11.6 Å². The number of halogens is 1. The van der Waals surface area contributed by atoms with Crippen molar-refractivity contribution in [3.8, 4) is 28.4 Å². The summed E-state index contributed by atoms with van der Waals surface area (Å²) >= 11 is 0. The molecule has 154 valence electrons. The van der Waals surface area contributed by atoms with Gasteiger partial charge < -0.3 is 9.14 Å². The predicted molar refractivity (Wildman–Crippen MR) is 119 cm³/mol. The summed E-state index contributed by atoms with van der Waals surface area (Å²) in [5, 5.41) is 4.74. The Morgan fingerprint density at radius 2 is 1.81 bits per heavy atom. The number of benzene rings is 1. The summed E-state index contributed by atoms with van der Waals surface area (Å²) in [5.74, 6) is 0.113. The van der Waals surface area contributed by atoms with Crippen molar-refractivity contribution in [2.45, 2.75) is 13.0 Å². The van der Waals surface area contributed by atoms with Crippen molar-refractivity contribution in [3.63, 3.8) is 0 Å². The van der Waals surface area contributed by atoms with Crippen molar-refractivity contribution in [3.05, 3.63) is 96.7 Å². The van der Waals surface area contributed by atoms with Crippen molar-refractivity contribution in [2.24, 2.45) is 0 Å². The Kier molecular flexibility index (Phi) is 4.75. The van der Waals surface area contributed by atoms with Gasteiger partial charge in [0.2, 0.25) is 0 Å². The maximum atomic E-state index is 14.0. The third-order valence-corrected chi connectivity index (χ3v) is 5.47. The highest BCUT2D eigenvalue weighted by Gasteiger charge is 2.20. The van der Waals surface area contributed by atoms with Crippen molar-refractivity contribution >= 4 is 5.52 Å². The van der Waals surface area contributed by atoms with Gasteiger partial charge >= 0.3 is 0 Å². The Morgan fingerprint density at radius 1 is 0.935 bits per heavy atom. The summed E-state index contributed by atoms with van der Waals surface area (Å²) < 4.78 is 23.2. The second-order valence-corrected chi connectivity index (χ2v) is 7.40. The van der Waals surface area contributed by atoms with Crippen molar-refractivity contribution in [1.82, 2.24) is 19.2 Å². The Bertz CT molecular complexity index is 1360. The number of pyridine rings is 2. The Balaban J connectivity index is 1.59. The lowest BCUT2D eigenvalue weighted by Gasteiger charge is -2.14. The molecule has 0 amide bonds. The fourth-order valence-corrected chi connectivity index (χ4v) is 3.92. The lowest BCUT2D eigenvalue weighted by atomic mass is 10.1. The van der Waals surface area contributed by atoms with Crippen LogP contribution in [0.25, 0.3) is 28.2 Å². The third kappa shape index (κ3) is 3.46. The largest absolute Gasteiger partial charge is 0.497 e. The average Bonchev–Trinajstić information content (AvgIpc) is 3.44. The first-order valence-corrected chi connectivity index (χ1v) is 10.1. The normalized spacial score (nSPS) is 12.2. The maximum absolute atomic E-state index is 14.0. The fraction of sp³-hybridized carbons (Fsp3) is 0.120. The molecule has 0 saturated carbocycles. The van der Waals surface area contributed by atoms with E-state index in [-0.39, 0.29) is 11.9 Å². The zero-order valence-electron chi connectivity index (χ0n) is 17.2. The van der Waals surface area contributed by atoms with Gasteiger partial charge in [0.05, 0.1) is 30.2 Å². The van der Waals surface area contributed by atoms with Crippen LogP contribution in [-0.4, -0.2) is 26.3 Å². The molecular weight excluding hydrogens is 391 g/mol. The van der Waals surface area contributed by atoms with Crippen LogP contribution >= 0.6 is 0 Å². The summed E-state index contributed by atoms with van der Waals surface area (Å²) in [6.45, 7) is 2.10. The fourth-order valence-electron chi connectivity index (χ4n) is 3.92. The Labute approximate surface area is 179 Å². The minimum atomic E-state index is -0.354. The number of ether oxygens (including phenoxy) is 1. The van der Waals surface area contributed by atoms with E-state index in [2.05, 4.69) is 28.4 Å². The first-order valence-electron chi connectivity index (χ1n) is 10.1. The maximum Gasteiger partial charge on any atom is 0.127 e. The van der Waals surface area contributed by atoms with Gasteiger partial charge in [-0.15, -0.1) is 0 Å². The zero-order valence-corrected chi connectivity index (χ0v) is 17.2. The summed E-state index contributed by atoms with van der Waals surface area (Å²) in [7, 11) is 1.52. The Morgan fingerprint density at radius 3 is 2.61 bits per heavy atom. The minimum Gasteiger partial charge on any atom is -0.497 e. The van der Waals surface area contributed by atoms with Gasteiger partial charge in [-0.2, -0.15) is 5.10 Å². The second kappa shape index (κ2) is 7.72. The van der Waals surface area contributed by atoms with E-state index in [4.69, 9.17) is 9.84 Å². The van der Waals surface area contributed by atoms with Gasteiger partial charge in [0, 0.05) is 41.3 Å². The molecule has 0 aliphatic rings.